The monoisotopic (exact) mass is 971 g/mol. The summed E-state index contributed by atoms with van der Waals surface area (Å²) in [4.78, 5) is 0. The second-order valence-electron chi connectivity index (χ2n) is 17.3. The van der Waals surface area contributed by atoms with Gasteiger partial charge in [0.25, 0.3) is 0 Å². The van der Waals surface area contributed by atoms with Crippen LogP contribution in [0, 0.1) is 11.8 Å². The number of benzene rings is 6. The Morgan fingerprint density at radius 3 is 1.39 bits per heavy atom. The summed E-state index contributed by atoms with van der Waals surface area (Å²) in [5.74, 6) is -0.117. The first-order valence-corrected chi connectivity index (χ1v) is 33.1. The van der Waals surface area contributed by atoms with Crippen molar-refractivity contribution < 1.29 is 42.7 Å². The second-order valence-corrected chi connectivity index (χ2v) is 39.7. The van der Waals surface area contributed by atoms with Gasteiger partial charge in [-0.25, -0.2) is 0 Å². The molecule has 0 amide bonds. The van der Waals surface area contributed by atoms with Gasteiger partial charge in [-0.1, -0.05) is 0 Å². The molecule has 1 heterocycles. The van der Waals surface area contributed by atoms with E-state index in [4.69, 9.17) is 17.0 Å². The Morgan fingerprint density at radius 1 is 0.516 bits per heavy atom. The molecule has 2 aliphatic carbocycles. The van der Waals surface area contributed by atoms with Gasteiger partial charge in [0.15, 0.2) is 0 Å². The molecule has 10 heteroatoms. The molecular weight excluding hydrogens is 929 g/mol. The van der Waals surface area contributed by atoms with E-state index in [1.165, 1.54) is 34.6 Å². The maximum atomic E-state index is 14.8. The Morgan fingerprint density at radius 2 is 0.919 bits per heavy atom. The number of halogens is 8. The van der Waals surface area contributed by atoms with E-state index in [-0.39, 0.29) is 23.0 Å². The number of hydrogen-bond donors (Lipinski definition) is 0. The molecule has 0 radical (unpaired) electrons. The molecule has 0 bridgehead atoms. The van der Waals surface area contributed by atoms with E-state index in [1.807, 2.05) is 36.4 Å². The van der Waals surface area contributed by atoms with Crippen LogP contribution in [-0.2, 0) is 28.7 Å². The number of hydrogen-bond acceptors (Lipinski definition) is 0. The Bertz CT molecular complexity index is 2700. The first kappa shape index (κ1) is 43.3. The number of allylic oxidation sites excluding steroid dienone is 2. The molecule has 3 aliphatic rings. The molecule has 4 unspecified atom stereocenters. The number of fused-ring (bicyclic) bond motifs is 5. The molecule has 0 nitrogen and oxygen atoms in total. The zero-order valence-corrected chi connectivity index (χ0v) is 40.1. The average molecular weight is 974 g/mol. The minimum atomic E-state index is -6.20. The number of alkyl halides is 6. The van der Waals surface area contributed by atoms with Crippen LogP contribution in [0.25, 0.3) is 45.5 Å². The zero-order chi connectivity index (χ0) is 44.0. The molecule has 6 aromatic carbocycles. The third kappa shape index (κ3) is 6.72. The van der Waals surface area contributed by atoms with Crippen LogP contribution in [0.3, 0.4) is 0 Å². The van der Waals surface area contributed by atoms with Gasteiger partial charge in [0.2, 0.25) is 0 Å². The summed E-state index contributed by atoms with van der Waals surface area (Å²) in [6, 6.07) is 37.3. The predicted molar refractivity (Wildman–Crippen MR) is 245 cm³/mol. The van der Waals surface area contributed by atoms with Gasteiger partial charge in [0.05, 0.1) is 0 Å². The first-order chi connectivity index (χ1) is 29.5. The van der Waals surface area contributed by atoms with Crippen molar-refractivity contribution in [2.45, 2.75) is 60.1 Å². The topological polar surface area (TPSA) is 0 Å². The van der Waals surface area contributed by atoms with Crippen LogP contribution in [0.2, 0.25) is 0 Å². The van der Waals surface area contributed by atoms with Crippen molar-refractivity contribution in [2.75, 3.05) is 0 Å². The molecule has 4 atom stereocenters. The van der Waals surface area contributed by atoms with Crippen LogP contribution in [-0.4, -0.2) is 9.52 Å². The summed E-state index contributed by atoms with van der Waals surface area (Å²) in [6.45, 7) is 8.47. The molecule has 0 aromatic heterocycles. The first-order valence-electron chi connectivity index (χ1n) is 21.3. The molecule has 1 aliphatic heterocycles. The zero-order valence-electron chi connectivity index (χ0n) is 34.7. The van der Waals surface area contributed by atoms with Crippen molar-refractivity contribution in [1.29, 1.82) is 0 Å². The van der Waals surface area contributed by atoms with Gasteiger partial charge in [0, 0.05) is 0 Å². The van der Waals surface area contributed by atoms with Crippen LogP contribution in [0.15, 0.2) is 139 Å². The molecule has 317 valence electrons. The molecular formula is C52H45Cl2F6SiZr. The third-order valence-electron chi connectivity index (χ3n) is 14.0. The van der Waals surface area contributed by atoms with E-state index in [9.17, 15) is 26.3 Å². The normalized spacial score (nSPS) is 18.9. The van der Waals surface area contributed by atoms with Crippen molar-refractivity contribution >= 4 is 52.3 Å². The van der Waals surface area contributed by atoms with E-state index in [0.717, 1.165) is 61.6 Å². The van der Waals surface area contributed by atoms with E-state index in [0.29, 0.717) is 22.3 Å². The van der Waals surface area contributed by atoms with Crippen LogP contribution in [0.5, 0.6) is 0 Å². The van der Waals surface area contributed by atoms with Crippen molar-refractivity contribution in [1.82, 2.24) is 0 Å². The average Bonchev–Trinajstić information content (AvgIpc) is 3.98. The molecule has 0 N–H and O–H groups in total. The van der Waals surface area contributed by atoms with Gasteiger partial charge >= 0.3 is 372 Å². The van der Waals surface area contributed by atoms with Gasteiger partial charge < -0.3 is 0 Å². The van der Waals surface area contributed by atoms with E-state index in [1.54, 1.807) is 24.3 Å². The van der Waals surface area contributed by atoms with Crippen LogP contribution >= 0.6 is 17.0 Å². The minimum absolute atomic E-state index is 0.0587. The number of rotatable bonds is 9. The fourth-order valence-electron chi connectivity index (χ4n) is 10.8. The molecule has 0 saturated carbocycles. The van der Waals surface area contributed by atoms with Gasteiger partial charge in [0.1, 0.15) is 0 Å². The van der Waals surface area contributed by atoms with Crippen molar-refractivity contribution in [3.8, 4) is 33.4 Å². The maximum absolute atomic E-state index is 14.8. The van der Waals surface area contributed by atoms with Crippen LogP contribution in [0.1, 0.15) is 81.2 Å². The Balaban J connectivity index is 1.40. The van der Waals surface area contributed by atoms with Gasteiger partial charge in [-0.3, -0.25) is 0 Å². The summed E-state index contributed by atoms with van der Waals surface area (Å²) in [7, 11) is 17.2. The van der Waals surface area contributed by atoms with Gasteiger partial charge in [-0.15, -0.1) is 0 Å². The van der Waals surface area contributed by atoms with Gasteiger partial charge in [-0.05, 0) is 0 Å². The SMILES string of the molecule is CCC(C)C1=Cc2c(-c3ccccc3C(F)(F)F)cccc2[CH]1[Zr]([Cl])([Cl])([c]1cccc2c1[SiH2]c1ccccc1-2)[CH]1C(C(C)CC)=Cc2c(-c3ccccc3C(F)(F)F)cccc21. The summed E-state index contributed by atoms with van der Waals surface area (Å²) >= 11 is -6.20. The summed E-state index contributed by atoms with van der Waals surface area (Å²) in [5.41, 5.74) is 6.84. The molecule has 0 saturated heterocycles. The molecule has 9 rings (SSSR count). The Labute approximate surface area is 369 Å². The predicted octanol–water partition coefficient (Wildman–Crippen LogP) is 14.1. The van der Waals surface area contributed by atoms with Crippen molar-refractivity contribution in [3.05, 3.63) is 172 Å². The fourth-order valence-corrected chi connectivity index (χ4v) is 38.8. The van der Waals surface area contributed by atoms with Crippen molar-refractivity contribution in [3.63, 3.8) is 0 Å². The quantitative estimate of drug-likeness (QED) is 0.0999. The summed E-state index contributed by atoms with van der Waals surface area (Å²) in [6.07, 6.45) is -3.60. The van der Waals surface area contributed by atoms with Gasteiger partial charge in [-0.2, -0.15) is 0 Å². The second kappa shape index (κ2) is 15.6. The fraction of sp³-hybridized carbons (Fsp3) is 0.231. The van der Waals surface area contributed by atoms with E-state index in [2.05, 4.69) is 70.2 Å². The van der Waals surface area contributed by atoms with Crippen LogP contribution < -0.4 is 13.6 Å². The van der Waals surface area contributed by atoms with Crippen molar-refractivity contribution in [2.24, 2.45) is 11.8 Å². The standard InChI is InChI=1S/2C20H18F3.C12H9Si.2ClH.Zr/c2*1-3-13(2)15-11-14-7-6-9-16(18(14)12-15)17-8-4-5-10-19(17)20(21,22)23;1-3-7-11-9(5-1)10-6-2-4-8-12(10)13-11;;;/h2*4-13H,3H2,1-2H3;1-7H,13H2;2*1H;/q;;;;;+2/p-2. The molecule has 0 fully saturated rings. The Kier molecular flexibility index (Phi) is 10.9. The van der Waals surface area contributed by atoms with Crippen LogP contribution in [0.4, 0.5) is 26.3 Å². The van der Waals surface area contributed by atoms with E-state index >= 15 is 0 Å². The molecule has 0 spiro atoms. The summed E-state index contributed by atoms with van der Waals surface area (Å²) < 4.78 is 88.4. The molecule has 6 aromatic rings. The molecule has 62 heavy (non-hydrogen) atoms. The third-order valence-corrected chi connectivity index (χ3v) is 36.6. The van der Waals surface area contributed by atoms with E-state index < -0.39 is 56.6 Å². The Hall–Kier alpha value is -3.94. The summed E-state index contributed by atoms with van der Waals surface area (Å²) in [5, 5.41) is 2.46.